The summed E-state index contributed by atoms with van der Waals surface area (Å²) in [5, 5.41) is 231. The maximum atomic E-state index is 12.3. The summed E-state index contributed by atoms with van der Waals surface area (Å²) in [6.45, 7) is 3.67. The van der Waals surface area contributed by atoms with Gasteiger partial charge in [-0.05, 0) is 105 Å². The Morgan fingerprint density at radius 3 is 1.06 bits per heavy atom. The van der Waals surface area contributed by atoms with E-state index in [2.05, 4.69) is 84.8 Å². The van der Waals surface area contributed by atoms with Gasteiger partial charge in [0.1, 0.15) is 60.9 Å². The van der Waals surface area contributed by atoms with Crippen molar-refractivity contribution in [3.63, 3.8) is 0 Å². The maximum absolute atomic E-state index is 12.3. The number of aliphatic hydroxyl groups excluding tert-OH is 18. The van der Waals surface area contributed by atoms with Crippen molar-refractivity contribution >= 4 is 138 Å². The lowest BCUT2D eigenvalue weighted by Gasteiger charge is -2.20. The Bertz CT molecular complexity index is 5290. The van der Waals surface area contributed by atoms with Gasteiger partial charge in [0.05, 0.1) is 25.2 Å². The third kappa shape index (κ3) is 27.7. The zero-order chi connectivity index (χ0) is 88.9. The largest absolute Gasteiger partial charge is 0.497 e. The van der Waals surface area contributed by atoms with E-state index in [0.717, 1.165) is 0 Å². The smallest absolute Gasteiger partial charge is 0.303 e. The molecule has 0 saturated carbocycles. The number of fused-ring (bicyclic) bond motifs is 4. The normalized spacial score (nSPS) is 17.3. The number of aliphatic hydroxyl groups is 18. The van der Waals surface area contributed by atoms with E-state index in [-0.39, 0.29) is 76.3 Å². The highest BCUT2D eigenvalue weighted by Crippen LogP contribution is 2.28. The molecule has 0 spiro atoms. The van der Waals surface area contributed by atoms with Crippen molar-refractivity contribution in [3.8, 4) is 0 Å². The molecule has 4 heterocycles. The molecule has 40 heteroatoms. The van der Waals surface area contributed by atoms with E-state index in [1.54, 1.807) is 122 Å². The molecule has 27 N–H and O–H groups in total. The molecule has 0 saturated heterocycles. The number of aliphatic carboxylic acids is 1. The Morgan fingerprint density at radius 1 is 0.385 bits per heavy atom. The number of aliphatic imine (C=N–C) groups is 13. The van der Waals surface area contributed by atoms with Gasteiger partial charge in [0.25, 0.3) is 0 Å². The second-order valence-electron chi connectivity index (χ2n) is 29.0. The van der Waals surface area contributed by atoms with Gasteiger partial charge in [-0.3, -0.25) is 25.6 Å². The number of carboxylic acid groups (broad SMARTS) is 1. The minimum absolute atomic E-state index is 0.0434. The Morgan fingerprint density at radius 2 is 0.705 bits per heavy atom. The summed E-state index contributed by atoms with van der Waals surface area (Å²) in [6, 6.07) is 10.2. The van der Waals surface area contributed by atoms with Crippen LogP contribution in [0, 0.1) is 10.8 Å². The van der Waals surface area contributed by atoms with E-state index in [0.29, 0.717) is 78.7 Å². The zero-order valence-electron chi connectivity index (χ0n) is 67.4. The zero-order valence-corrected chi connectivity index (χ0v) is 67.4. The van der Waals surface area contributed by atoms with Gasteiger partial charge in [-0.25, -0.2) is 54.9 Å². The molecule has 0 aliphatic carbocycles. The second kappa shape index (κ2) is 45.5. The first-order chi connectivity index (χ1) is 58.2. The van der Waals surface area contributed by atoms with E-state index < -0.39 is 194 Å². The summed E-state index contributed by atoms with van der Waals surface area (Å²) in [5.41, 5.74) is 10.6. The first-order valence-corrected chi connectivity index (χ1v) is 39.2. The minimum atomic E-state index is -1.91. The molecule has 0 amide bonds. The Kier molecular flexibility index (Phi) is 35.0. The molecule has 8 rings (SSSR count). The topological polar surface area (TPSA) is 699 Å². The van der Waals surface area contributed by atoms with Crippen molar-refractivity contribution in [2.45, 2.75) is 190 Å². The molecule has 8 aromatic rings. The summed E-state index contributed by atoms with van der Waals surface area (Å²) in [4.78, 5) is 79.2. The molecule has 654 valence electrons. The van der Waals surface area contributed by atoms with Gasteiger partial charge in [0.2, 0.25) is 70.8 Å². The minimum Gasteiger partial charge on any atom is -0.497 e. The third-order valence-electron chi connectivity index (χ3n) is 19.4. The number of hydrogen-bond acceptors (Lipinski definition) is 20. The molecule has 40 nitrogen and oxygen atoms in total. The molecular formula is C82H106N20O20. The molecule has 4 aromatic heterocycles. The van der Waals surface area contributed by atoms with Crippen LogP contribution in [0.1, 0.15) is 108 Å². The average molecular weight is 1690 g/mol. The number of carboxylic acids is 1. The van der Waals surface area contributed by atoms with Gasteiger partial charge in [0, 0.05) is 127 Å². The van der Waals surface area contributed by atoms with Crippen molar-refractivity contribution in [2.75, 3.05) is 26.2 Å². The average Bonchev–Trinajstić information content (AvgIpc) is 1.65. The monoisotopic (exact) mass is 1690 g/mol. The number of benzene rings is 4. The van der Waals surface area contributed by atoms with Crippen molar-refractivity contribution < 1.29 is 102 Å². The van der Waals surface area contributed by atoms with Gasteiger partial charge in [-0.15, -0.1) is 0 Å². The molecule has 0 aliphatic heterocycles. The van der Waals surface area contributed by atoms with Crippen molar-refractivity contribution in [3.05, 3.63) is 144 Å². The number of aromatic amines is 4. The molecule has 0 fully saturated rings. The Labute approximate surface area is 698 Å². The molecule has 122 heavy (non-hydrogen) atoms. The number of carbonyl (C=O) groups is 1. The molecule has 0 aliphatic rings. The summed E-state index contributed by atoms with van der Waals surface area (Å²) < 4.78 is 0. The van der Waals surface area contributed by atoms with Crippen LogP contribution >= 0.6 is 0 Å². The lowest BCUT2D eigenvalue weighted by Crippen LogP contribution is -2.38. The number of unbranched alkanes of at least 4 members (excludes halogenated alkanes) is 2. The second-order valence-corrected chi connectivity index (χ2v) is 29.0. The third-order valence-corrected chi connectivity index (χ3v) is 19.4. The van der Waals surface area contributed by atoms with Crippen LogP contribution in [-0.2, 0) is 30.5 Å². The van der Waals surface area contributed by atoms with Crippen LogP contribution in [0.15, 0.2) is 187 Å². The van der Waals surface area contributed by atoms with Gasteiger partial charge in [-0.1, -0.05) is 72.8 Å². The summed E-state index contributed by atoms with van der Waals surface area (Å²) in [7, 11) is 0. The lowest BCUT2D eigenvalue weighted by molar-refractivity contribution is -0.137. The fourth-order valence-electron chi connectivity index (χ4n) is 13.1. The lowest BCUT2D eigenvalue weighted by atomic mass is 10.0. The van der Waals surface area contributed by atoms with Gasteiger partial charge in [0.15, 0.2) is 29.8 Å². The number of hydrogen-bond donors (Lipinski definition) is 26. The summed E-state index contributed by atoms with van der Waals surface area (Å²) >= 11 is 0. The number of aromatic nitrogens is 4. The van der Waals surface area contributed by atoms with Crippen LogP contribution in [0.4, 0.5) is 0 Å². The first-order valence-electron chi connectivity index (χ1n) is 39.2. The van der Waals surface area contributed by atoms with Crippen LogP contribution < -0.4 is 5.73 Å². The molecule has 0 unspecified atom stereocenters. The number of H-pyrrole nitrogens is 4. The van der Waals surface area contributed by atoms with E-state index in [9.17, 15) is 102 Å². The van der Waals surface area contributed by atoms with E-state index in [4.69, 9.17) is 16.6 Å². The SMILES string of the molecule is CC(O)=NCCCC[C@H](N=C(O)[C@H](Cc1c[nH]c2ccccc12)N=C(O)[C@@H](N=C(O)[C@H](Cc1c[nH]c2ccccc12)N=C(O)[C@H](CCCCN=C(C)O)N=C(O)[C@H](CC(=N)O)N=C(O)CN=C(O)[C@H](CCC(=O)O)N=C(O)[C@H](Cc1c[nH]c2ccccc12)N=C(O)[C@@H](N=C(O)[C@H](Cc1c[nH]c2ccccc12)N=C(O)[C@@H](N)CO)[C@@H](C)O)[C@@H](C)O)C(=N)O. The summed E-state index contributed by atoms with van der Waals surface area (Å²) in [5.74, 6) is -14.2. The van der Waals surface area contributed by atoms with E-state index in [1.165, 1.54) is 27.7 Å². The quantitative estimate of drug-likeness (QED) is 0.00957. The van der Waals surface area contributed by atoms with Crippen LogP contribution in [0.3, 0.4) is 0 Å². The predicted molar refractivity (Wildman–Crippen MR) is 471 cm³/mol. The number of rotatable bonds is 49. The fraction of sp³-hybridized carbons (Fsp3) is 0.415. The number of para-hydroxylation sites is 4. The molecular weight excluding hydrogens is 1590 g/mol. The highest BCUT2D eigenvalue weighted by molar-refractivity contribution is 5.98. The van der Waals surface area contributed by atoms with E-state index >= 15 is 0 Å². The molecule has 4 aromatic carbocycles. The fourth-order valence-corrected chi connectivity index (χ4v) is 13.1. The Balaban J connectivity index is 1.14. The van der Waals surface area contributed by atoms with Gasteiger partial charge < -0.3 is 123 Å². The highest BCUT2D eigenvalue weighted by atomic mass is 16.4. The Hall–Kier alpha value is -13.6. The molecule has 13 atom stereocenters. The maximum Gasteiger partial charge on any atom is 0.303 e. The predicted octanol–water partition coefficient (Wildman–Crippen LogP) is 9.79. The van der Waals surface area contributed by atoms with Crippen LogP contribution in [0.25, 0.3) is 43.6 Å². The van der Waals surface area contributed by atoms with Crippen molar-refractivity contribution in [1.29, 1.82) is 10.8 Å². The number of nitrogens with two attached hydrogens (primary N) is 1. The van der Waals surface area contributed by atoms with Crippen LogP contribution in [-0.4, -0.2) is 316 Å². The van der Waals surface area contributed by atoms with Crippen molar-refractivity contribution in [1.82, 2.24) is 19.9 Å². The highest BCUT2D eigenvalue weighted by Gasteiger charge is 2.34. The number of nitrogens with one attached hydrogen (secondary N) is 6. The van der Waals surface area contributed by atoms with Gasteiger partial charge in [-0.2, -0.15) is 0 Å². The molecule has 0 radical (unpaired) electrons. The van der Waals surface area contributed by atoms with E-state index in [1.807, 2.05) is 0 Å². The molecule has 0 bridgehead atoms. The standard InChI is InChI=1S/C82H106N20O20/c1-42(104)70(101-79(119)64(97-73(113)54(83)41-103)33-48-38-90-57-23-11-7-19-52(48)57)82(122)100-63(32-47-37-89-56-22-10-6-18-51(47)56)77(117)96-61(27-28-69(110)111)74(114)92-40-68(109)93-66(35-67(84)108)78(118)95-60(26-14-16-30-87-45(4)107)75(115)98-65(34-49-39-91-58-24-12-8-20-53(49)58)80(120)102-71(43(2)105)81(121)99-62(31-46-36-88-55-21-9-5-17-50(46)55)76(116)94-59(72(85)112)25-13-15-29-86-44(3)106/h5-12,17-24,36-39,42-43,54,59-66,70-71,88-91,103-105H,13-16,25-35,40-41,83H2,1-4H3,(H2,84,108)(H2,85,112)(H,86,106)(H,87,107)(H,92,114)(H,93,109)(H,94,116)(H,95,118)(H,96,117)(H,97,113)(H,98,115)(H,99,121)(H,100,122)(H,101,119)(H,102,120)(H,110,111)/t42-,43-,54+,59+,60+,61+,62+,63+,64+,65+,66+,70+,71+/m1/s1. The summed E-state index contributed by atoms with van der Waals surface area (Å²) in [6.07, 6.45) is 0.787. The van der Waals surface area contributed by atoms with Crippen LogP contribution in [0.2, 0.25) is 0 Å². The number of nitrogens with zero attached hydrogens (tertiary/aromatic N) is 13. The van der Waals surface area contributed by atoms with Gasteiger partial charge >= 0.3 is 5.97 Å². The van der Waals surface area contributed by atoms with Crippen LogP contribution in [0.5, 0.6) is 0 Å². The first kappa shape index (κ1) is 93.9. The van der Waals surface area contributed by atoms with Crippen molar-refractivity contribution in [2.24, 2.45) is 70.6 Å².